The van der Waals surface area contributed by atoms with E-state index in [4.69, 9.17) is 32.7 Å². The predicted molar refractivity (Wildman–Crippen MR) is 86.1 cm³/mol. The first kappa shape index (κ1) is 18.0. The van der Waals surface area contributed by atoms with E-state index in [0.717, 1.165) is 0 Å². The maximum atomic E-state index is 12.5. The molecule has 1 aliphatic rings. The van der Waals surface area contributed by atoms with Crippen LogP contribution in [0.2, 0.25) is 10.3 Å². The number of carbonyl (C=O) groups excluding carboxylic acids is 2. The summed E-state index contributed by atoms with van der Waals surface area (Å²) >= 11 is 11.6. The summed E-state index contributed by atoms with van der Waals surface area (Å²) in [4.78, 5) is 29.9. The molecule has 0 aromatic carbocycles. The first-order valence-electron chi connectivity index (χ1n) is 7.12. The third-order valence-electron chi connectivity index (χ3n) is 3.06. The summed E-state index contributed by atoms with van der Waals surface area (Å²) in [5.41, 5.74) is -0.299. The van der Waals surface area contributed by atoms with Crippen molar-refractivity contribution >= 4 is 35.1 Å². The minimum absolute atomic E-state index is 0.116. The monoisotopic (exact) mass is 360 g/mol. The van der Waals surface area contributed by atoms with Crippen molar-refractivity contribution in [3.8, 4) is 0 Å². The number of rotatable bonds is 2. The van der Waals surface area contributed by atoms with Gasteiger partial charge in [-0.2, -0.15) is 0 Å². The minimum Gasteiger partial charge on any atom is -0.444 e. The van der Waals surface area contributed by atoms with Crippen LogP contribution in [-0.4, -0.2) is 53.2 Å². The van der Waals surface area contributed by atoms with E-state index in [1.807, 2.05) is 0 Å². The van der Waals surface area contributed by atoms with Gasteiger partial charge in [-0.1, -0.05) is 23.2 Å². The summed E-state index contributed by atoms with van der Waals surface area (Å²) in [5, 5.41) is 0.251. The van der Waals surface area contributed by atoms with Crippen molar-refractivity contribution in [2.24, 2.45) is 0 Å². The molecule has 1 amide bonds. The number of nitrogens with zero attached hydrogens (tertiary/aromatic N) is 2. The van der Waals surface area contributed by atoms with Gasteiger partial charge >= 0.3 is 6.09 Å². The average Bonchev–Trinajstić information content (AvgIpc) is 2.44. The van der Waals surface area contributed by atoms with Crippen molar-refractivity contribution in [2.75, 3.05) is 19.7 Å². The number of carbonyl (C=O) groups is 2. The van der Waals surface area contributed by atoms with Gasteiger partial charge in [0.05, 0.1) is 13.2 Å². The van der Waals surface area contributed by atoms with Gasteiger partial charge in [-0.25, -0.2) is 9.78 Å². The van der Waals surface area contributed by atoms with Gasteiger partial charge in [0.25, 0.3) is 0 Å². The first-order valence-corrected chi connectivity index (χ1v) is 7.88. The molecule has 0 saturated carbocycles. The Morgan fingerprint density at radius 2 is 1.91 bits per heavy atom. The number of morpholine rings is 1. The average molecular weight is 361 g/mol. The van der Waals surface area contributed by atoms with Crippen molar-refractivity contribution in [3.05, 3.63) is 28.0 Å². The minimum atomic E-state index is -0.786. The van der Waals surface area contributed by atoms with Gasteiger partial charge in [-0.3, -0.25) is 4.79 Å². The SMILES string of the molecule is CC(C)(C)OC(=O)N1CCO[C@@H](C(=O)c2cc(Cl)nc(Cl)c2)C1. The fraction of sp³-hybridized carbons (Fsp3) is 0.533. The topological polar surface area (TPSA) is 68.7 Å². The zero-order valence-electron chi connectivity index (χ0n) is 13.1. The van der Waals surface area contributed by atoms with Crippen molar-refractivity contribution in [2.45, 2.75) is 32.5 Å². The third kappa shape index (κ3) is 5.06. The molecule has 0 unspecified atom stereocenters. The fourth-order valence-corrected chi connectivity index (χ4v) is 2.55. The van der Waals surface area contributed by atoms with Crippen LogP contribution in [0.4, 0.5) is 4.79 Å². The second kappa shape index (κ2) is 7.03. The fourth-order valence-electron chi connectivity index (χ4n) is 2.09. The Kier molecular flexibility index (Phi) is 5.49. The molecule has 1 atom stereocenters. The van der Waals surface area contributed by atoms with Gasteiger partial charge in [-0.05, 0) is 32.9 Å². The Morgan fingerprint density at radius 3 is 2.48 bits per heavy atom. The molecule has 0 bridgehead atoms. The highest BCUT2D eigenvalue weighted by molar-refractivity contribution is 6.33. The second-order valence-electron chi connectivity index (χ2n) is 6.15. The number of ether oxygens (including phenoxy) is 2. The van der Waals surface area contributed by atoms with Crippen LogP contribution in [0.25, 0.3) is 0 Å². The highest BCUT2D eigenvalue weighted by atomic mass is 35.5. The third-order valence-corrected chi connectivity index (χ3v) is 3.45. The quantitative estimate of drug-likeness (QED) is 0.598. The maximum absolute atomic E-state index is 12.5. The highest BCUT2D eigenvalue weighted by Gasteiger charge is 2.32. The van der Waals surface area contributed by atoms with E-state index >= 15 is 0 Å². The van der Waals surface area contributed by atoms with E-state index in [1.54, 1.807) is 20.8 Å². The van der Waals surface area contributed by atoms with E-state index < -0.39 is 17.8 Å². The molecule has 8 heteroatoms. The molecule has 6 nitrogen and oxygen atoms in total. The van der Waals surface area contributed by atoms with Crippen LogP contribution in [0.5, 0.6) is 0 Å². The first-order chi connectivity index (χ1) is 10.7. The Hall–Kier alpha value is -1.37. The number of Topliss-reactive ketones (excluding diaryl/α,β-unsaturated/α-hetero) is 1. The summed E-state index contributed by atoms with van der Waals surface area (Å²) in [6.45, 7) is 6.10. The molecule has 0 aliphatic carbocycles. The predicted octanol–water partition coefficient (Wildman–Crippen LogP) is 3.21. The van der Waals surface area contributed by atoms with Gasteiger partial charge in [-0.15, -0.1) is 0 Å². The van der Waals surface area contributed by atoms with Gasteiger partial charge in [0.1, 0.15) is 22.0 Å². The molecule has 126 valence electrons. The van der Waals surface area contributed by atoms with Crippen molar-refractivity contribution in [1.29, 1.82) is 0 Å². The summed E-state index contributed by atoms with van der Waals surface area (Å²) < 4.78 is 10.8. The molecular weight excluding hydrogens is 343 g/mol. The smallest absolute Gasteiger partial charge is 0.410 e. The number of hydrogen-bond donors (Lipinski definition) is 0. The van der Waals surface area contributed by atoms with Crippen molar-refractivity contribution < 1.29 is 19.1 Å². The van der Waals surface area contributed by atoms with E-state index in [2.05, 4.69) is 4.98 Å². The van der Waals surface area contributed by atoms with Crippen LogP contribution in [0.3, 0.4) is 0 Å². The Labute approximate surface area is 144 Å². The molecule has 0 N–H and O–H groups in total. The van der Waals surface area contributed by atoms with Crippen LogP contribution in [-0.2, 0) is 9.47 Å². The molecule has 2 rings (SSSR count). The summed E-state index contributed by atoms with van der Waals surface area (Å²) in [7, 11) is 0. The summed E-state index contributed by atoms with van der Waals surface area (Å²) in [5.74, 6) is -0.301. The Morgan fingerprint density at radius 1 is 1.30 bits per heavy atom. The lowest BCUT2D eigenvalue weighted by atomic mass is 10.1. The molecule has 2 heterocycles. The molecule has 1 fully saturated rings. The van der Waals surface area contributed by atoms with E-state index in [-0.39, 0.29) is 29.2 Å². The van der Waals surface area contributed by atoms with Crippen LogP contribution in [0, 0.1) is 0 Å². The molecule has 0 spiro atoms. The number of halogens is 2. The molecular formula is C15H18Cl2N2O4. The largest absolute Gasteiger partial charge is 0.444 e. The number of aromatic nitrogens is 1. The highest BCUT2D eigenvalue weighted by Crippen LogP contribution is 2.19. The van der Waals surface area contributed by atoms with Gasteiger partial charge in [0.15, 0.2) is 5.78 Å². The molecule has 1 aromatic heterocycles. The zero-order chi connectivity index (χ0) is 17.2. The Balaban J connectivity index is 2.08. The number of ketones is 1. The number of amides is 1. The number of hydrogen-bond acceptors (Lipinski definition) is 5. The second-order valence-corrected chi connectivity index (χ2v) is 6.93. The zero-order valence-corrected chi connectivity index (χ0v) is 14.6. The lowest BCUT2D eigenvalue weighted by Gasteiger charge is -2.33. The molecule has 1 saturated heterocycles. The molecule has 23 heavy (non-hydrogen) atoms. The standard InChI is InChI=1S/C15H18Cl2N2O4/c1-15(2,3)23-14(21)19-4-5-22-10(8-19)13(20)9-6-11(16)18-12(17)7-9/h6-7,10H,4-5,8H2,1-3H3/t10-/m1/s1. The number of pyridine rings is 1. The lowest BCUT2D eigenvalue weighted by Crippen LogP contribution is -2.50. The summed E-state index contributed by atoms with van der Waals surface area (Å²) in [6, 6.07) is 2.84. The van der Waals surface area contributed by atoms with Crippen molar-refractivity contribution in [3.63, 3.8) is 0 Å². The summed E-state index contributed by atoms with van der Waals surface area (Å²) in [6.07, 6.45) is -1.25. The van der Waals surface area contributed by atoms with Gasteiger partial charge in [0.2, 0.25) is 0 Å². The molecule has 1 aromatic rings. The van der Waals surface area contributed by atoms with Crippen LogP contribution >= 0.6 is 23.2 Å². The van der Waals surface area contributed by atoms with Gasteiger partial charge in [0, 0.05) is 12.1 Å². The molecule has 0 radical (unpaired) electrons. The lowest BCUT2D eigenvalue weighted by molar-refractivity contribution is -0.0321. The normalized spacial score (nSPS) is 18.7. The molecule has 1 aliphatic heterocycles. The van der Waals surface area contributed by atoms with Crippen LogP contribution in [0.1, 0.15) is 31.1 Å². The van der Waals surface area contributed by atoms with E-state index in [0.29, 0.717) is 12.1 Å². The van der Waals surface area contributed by atoms with E-state index in [1.165, 1.54) is 17.0 Å². The van der Waals surface area contributed by atoms with Crippen LogP contribution in [0.15, 0.2) is 12.1 Å². The Bertz CT molecular complexity index is 596. The van der Waals surface area contributed by atoms with Gasteiger partial charge < -0.3 is 14.4 Å². The van der Waals surface area contributed by atoms with E-state index in [9.17, 15) is 9.59 Å². The maximum Gasteiger partial charge on any atom is 0.410 e. The van der Waals surface area contributed by atoms with Crippen molar-refractivity contribution in [1.82, 2.24) is 9.88 Å². The van der Waals surface area contributed by atoms with Crippen LogP contribution < -0.4 is 0 Å².